The van der Waals surface area contributed by atoms with Crippen molar-refractivity contribution in [3.63, 3.8) is 0 Å². The lowest BCUT2D eigenvalue weighted by Gasteiger charge is -2.28. The van der Waals surface area contributed by atoms with Gasteiger partial charge in [-0.05, 0) is 26.8 Å². The van der Waals surface area contributed by atoms with Gasteiger partial charge in [0.25, 0.3) is 0 Å². The molecule has 0 aromatic carbocycles. The van der Waals surface area contributed by atoms with Crippen molar-refractivity contribution in [3.8, 4) is 0 Å². The van der Waals surface area contributed by atoms with E-state index in [4.69, 9.17) is 0 Å². The third-order valence-electron chi connectivity index (χ3n) is 3.92. The van der Waals surface area contributed by atoms with Crippen LogP contribution in [0.4, 0.5) is 0 Å². The number of aryl methyl sites for hydroxylation is 1. The molecule has 7 heteroatoms. The van der Waals surface area contributed by atoms with Gasteiger partial charge in [-0.15, -0.1) is 24.8 Å². The first-order valence-electron chi connectivity index (χ1n) is 7.06. The third kappa shape index (κ3) is 4.87. The molecule has 1 N–H and O–H groups in total. The SMILES string of the molecule is CNCC(C)C(=O)N1CCCC1Cn1ccnc1C.Cl.Cl. The number of carbonyl (C=O) groups excluding carboxylic acids is 1. The maximum Gasteiger partial charge on any atom is 0.226 e. The lowest BCUT2D eigenvalue weighted by atomic mass is 10.1. The smallest absolute Gasteiger partial charge is 0.226 e. The Morgan fingerprint density at radius 1 is 1.52 bits per heavy atom. The highest BCUT2D eigenvalue weighted by molar-refractivity contribution is 5.85. The molecular formula is C14H26Cl2N4O. The fraction of sp³-hybridized carbons (Fsp3) is 0.714. The lowest BCUT2D eigenvalue weighted by Crippen LogP contribution is -2.43. The maximum atomic E-state index is 12.4. The van der Waals surface area contributed by atoms with Crippen LogP contribution in [0, 0.1) is 12.8 Å². The Kier molecular flexibility index (Phi) is 8.94. The van der Waals surface area contributed by atoms with Crippen LogP contribution in [0.5, 0.6) is 0 Å². The Balaban J connectivity index is 0.00000200. The summed E-state index contributed by atoms with van der Waals surface area (Å²) in [6, 6.07) is 0.319. The molecule has 2 unspecified atom stereocenters. The molecule has 0 spiro atoms. The highest BCUT2D eigenvalue weighted by Crippen LogP contribution is 2.21. The summed E-state index contributed by atoms with van der Waals surface area (Å²) in [6.45, 7) is 6.50. The molecule has 1 saturated heterocycles. The summed E-state index contributed by atoms with van der Waals surface area (Å²) in [7, 11) is 1.89. The summed E-state index contributed by atoms with van der Waals surface area (Å²) >= 11 is 0. The number of hydrogen-bond donors (Lipinski definition) is 1. The van der Waals surface area contributed by atoms with Crippen molar-refractivity contribution in [1.82, 2.24) is 19.8 Å². The molecule has 0 bridgehead atoms. The molecule has 2 heterocycles. The van der Waals surface area contributed by atoms with Crippen molar-refractivity contribution < 1.29 is 4.79 Å². The zero-order valence-corrected chi connectivity index (χ0v) is 14.5. The van der Waals surface area contributed by atoms with Gasteiger partial charge in [0, 0.05) is 44.0 Å². The van der Waals surface area contributed by atoms with E-state index in [1.807, 2.05) is 33.3 Å². The molecule has 0 aliphatic carbocycles. The third-order valence-corrected chi connectivity index (χ3v) is 3.92. The Labute approximate surface area is 139 Å². The van der Waals surface area contributed by atoms with Gasteiger partial charge in [-0.3, -0.25) is 4.79 Å². The number of rotatable bonds is 5. The predicted molar refractivity (Wildman–Crippen MR) is 89.3 cm³/mol. The van der Waals surface area contributed by atoms with Crippen LogP contribution in [0.3, 0.4) is 0 Å². The van der Waals surface area contributed by atoms with E-state index in [0.29, 0.717) is 6.04 Å². The van der Waals surface area contributed by atoms with Crippen molar-refractivity contribution in [2.75, 3.05) is 20.1 Å². The number of likely N-dealkylation sites (tertiary alicyclic amines) is 1. The van der Waals surface area contributed by atoms with Crippen molar-refractivity contribution in [3.05, 3.63) is 18.2 Å². The summed E-state index contributed by atoms with van der Waals surface area (Å²) in [5.41, 5.74) is 0. The molecule has 2 atom stereocenters. The quantitative estimate of drug-likeness (QED) is 0.893. The molecular weight excluding hydrogens is 311 g/mol. The molecule has 2 rings (SSSR count). The first-order valence-corrected chi connectivity index (χ1v) is 7.06. The zero-order chi connectivity index (χ0) is 13.8. The van der Waals surface area contributed by atoms with Crippen molar-refractivity contribution in [1.29, 1.82) is 0 Å². The van der Waals surface area contributed by atoms with E-state index >= 15 is 0 Å². The number of aromatic nitrogens is 2. The monoisotopic (exact) mass is 336 g/mol. The van der Waals surface area contributed by atoms with Crippen LogP contribution in [0.1, 0.15) is 25.6 Å². The number of hydrogen-bond acceptors (Lipinski definition) is 3. The largest absolute Gasteiger partial charge is 0.338 e. The summed E-state index contributed by atoms with van der Waals surface area (Å²) in [4.78, 5) is 18.7. The van der Waals surface area contributed by atoms with Gasteiger partial charge in [0.15, 0.2) is 0 Å². The van der Waals surface area contributed by atoms with Crippen LogP contribution < -0.4 is 5.32 Å². The van der Waals surface area contributed by atoms with Gasteiger partial charge in [-0.25, -0.2) is 4.98 Å². The molecule has 5 nitrogen and oxygen atoms in total. The van der Waals surface area contributed by atoms with Crippen LogP contribution in [0.25, 0.3) is 0 Å². The van der Waals surface area contributed by atoms with Crippen LogP contribution in [-0.4, -0.2) is 46.5 Å². The fourth-order valence-electron chi connectivity index (χ4n) is 2.82. The van der Waals surface area contributed by atoms with E-state index < -0.39 is 0 Å². The second-order valence-corrected chi connectivity index (χ2v) is 5.41. The number of nitrogens with one attached hydrogen (secondary N) is 1. The summed E-state index contributed by atoms with van der Waals surface area (Å²) < 4.78 is 2.14. The summed E-state index contributed by atoms with van der Waals surface area (Å²) in [5, 5.41) is 3.08. The molecule has 1 aromatic rings. The van der Waals surface area contributed by atoms with Gasteiger partial charge in [-0.2, -0.15) is 0 Å². The number of nitrogens with zero attached hydrogens (tertiary/aromatic N) is 3. The molecule has 1 fully saturated rings. The van der Waals surface area contributed by atoms with Gasteiger partial charge in [0.1, 0.15) is 5.82 Å². The fourth-order valence-corrected chi connectivity index (χ4v) is 2.82. The minimum Gasteiger partial charge on any atom is -0.338 e. The molecule has 1 amide bonds. The number of amides is 1. The average molecular weight is 337 g/mol. The van der Waals surface area contributed by atoms with E-state index in [0.717, 1.165) is 38.3 Å². The lowest BCUT2D eigenvalue weighted by molar-refractivity contribution is -0.135. The number of halogens is 2. The number of imidazole rings is 1. The normalized spacial score (nSPS) is 18.8. The molecule has 21 heavy (non-hydrogen) atoms. The van der Waals surface area contributed by atoms with Crippen molar-refractivity contribution >= 4 is 30.7 Å². The molecule has 1 aliphatic rings. The standard InChI is InChI=1S/C14H24N4O.2ClH/c1-11(9-15-3)14(19)18-7-4-5-13(18)10-17-8-6-16-12(17)2;;/h6,8,11,13,15H,4-5,7,9-10H2,1-3H3;2*1H. The van der Waals surface area contributed by atoms with Crippen molar-refractivity contribution in [2.24, 2.45) is 5.92 Å². The van der Waals surface area contributed by atoms with Gasteiger partial charge in [0.05, 0.1) is 0 Å². The molecule has 1 aromatic heterocycles. The minimum absolute atomic E-state index is 0. The first kappa shape index (κ1) is 20.2. The van der Waals surface area contributed by atoms with E-state index in [-0.39, 0.29) is 36.6 Å². The molecule has 1 aliphatic heterocycles. The Bertz CT molecular complexity index is 438. The van der Waals surface area contributed by atoms with E-state index in [1.165, 1.54) is 0 Å². The van der Waals surface area contributed by atoms with E-state index in [9.17, 15) is 4.79 Å². The molecule has 122 valence electrons. The Hall–Kier alpha value is -0.780. The van der Waals surface area contributed by atoms with Gasteiger partial charge < -0.3 is 14.8 Å². The average Bonchev–Trinajstić information content (AvgIpc) is 2.99. The summed E-state index contributed by atoms with van der Waals surface area (Å²) in [6.07, 6.45) is 6.01. The highest BCUT2D eigenvalue weighted by Gasteiger charge is 2.31. The van der Waals surface area contributed by atoms with Gasteiger partial charge in [-0.1, -0.05) is 6.92 Å². The van der Waals surface area contributed by atoms with Crippen LogP contribution in [0.2, 0.25) is 0 Å². The Morgan fingerprint density at radius 3 is 2.81 bits per heavy atom. The summed E-state index contributed by atoms with van der Waals surface area (Å²) in [5.74, 6) is 1.34. The topological polar surface area (TPSA) is 50.2 Å². The number of carbonyl (C=O) groups is 1. The maximum absolute atomic E-state index is 12.4. The predicted octanol–water partition coefficient (Wildman–Crippen LogP) is 1.88. The first-order chi connectivity index (χ1) is 9.13. The van der Waals surface area contributed by atoms with E-state index in [2.05, 4.69) is 19.8 Å². The van der Waals surface area contributed by atoms with Crippen molar-refractivity contribution in [2.45, 2.75) is 39.3 Å². The molecule has 0 saturated carbocycles. The highest BCUT2D eigenvalue weighted by atomic mass is 35.5. The Morgan fingerprint density at radius 2 is 2.24 bits per heavy atom. The van der Waals surface area contributed by atoms with Crippen LogP contribution in [-0.2, 0) is 11.3 Å². The van der Waals surface area contributed by atoms with Crippen LogP contribution in [0.15, 0.2) is 12.4 Å². The van der Waals surface area contributed by atoms with Crippen LogP contribution >= 0.6 is 24.8 Å². The zero-order valence-electron chi connectivity index (χ0n) is 12.9. The van der Waals surface area contributed by atoms with Gasteiger partial charge >= 0.3 is 0 Å². The van der Waals surface area contributed by atoms with Gasteiger partial charge in [0.2, 0.25) is 5.91 Å². The second-order valence-electron chi connectivity index (χ2n) is 5.41. The second kappa shape index (κ2) is 9.28. The molecule has 0 radical (unpaired) electrons. The van der Waals surface area contributed by atoms with E-state index in [1.54, 1.807) is 0 Å². The minimum atomic E-state index is 0.